The van der Waals surface area contributed by atoms with Gasteiger partial charge in [0.15, 0.2) is 6.10 Å². The van der Waals surface area contributed by atoms with Crippen LogP contribution in [0.4, 0.5) is 0 Å². The first-order valence-corrected chi connectivity index (χ1v) is 27.7. The molecule has 0 unspecified atom stereocenters. The molecule has 6 heteroatoms. The van der Waals surface area contributed by atoms with Gasteiger partial charge in [0.25, 0.3) is 0 Å². The Morgan fingerprint density at radius 3 is 0.925 bits per heavy atom. The van der Waals surface area contributed by atoms with Crippen molar-refractivity contribution in [3.05, 3.63) is 97.2 Å². The molecule has 0 aliphatic heterocycles. The van der Waals surface area contributed by atoms with E-state index >= 15 is 0 Å². The van der Waals surface area contributed by atoms with Gasteiger partial charge in [-0.2, -0.15) is 0 Å². The lowest BCUT2D eigenvalue weighted by atomic mass is 10.0. The van der Waals surface area contributed by atoms with Crippen molar-refractivity contribution < 1.29 is 28.6 Å². The third kappa shape index (κ3) is 53.2. The lowest BCUT2D eigenvalue weighted by Gasteiger charge is -2.18. The van der Waals surface area contributed by atoms with E-state index in [1.165, 1.54) is 116 Å². The van der Waals surface area contributed by atoms with Gasteiger partial charge in [0, 0.05) is 19.3 Å². The first kappa shape index (κ1) is 63.3. The van der Waals surface area contributed by atoms with E-state index in [9.17, 15) is 14.4 Å². The summed E-state index contributed by atoms with van der Waals surface area (Å²) in [5.41, 5.74) is 0. The SMILES string of the molecule is CCCCC/C=C\C/C=C\C/C=C\C/C=C\C/C=C\CCC(=O)O[C@H](COC(=O)CCCCCC/C=C\C/C=C\C/C=C\CCCCC)COC(=O)CCCCCCCCCCCCCCC. The highest BCUT2D eigenvalue weighted by Gasteiger charge is 2.19. The van der Waals surface area contributed by atoms with E-state index in [1.807, 2.05) is 6.08 Å². The Morgan fingerprint density at radius 2 is 0.567 bits per heavy atom. The number of unbranched alkanes of at least 4 members (excludes halogenated alkanes) is 22. The number of rotatable bonds is 49. The lowest BCUT2D eigenvalue weighted by molar-refractivity contribution is -0.166. The molecule has 0 saturated carbocycles. The summed E-state index contributed by atoms with van der Waals surface area (Å²) < 4.78 is 16.7. The van der Waals surface area contributed by atoms with E-state index < -0.39 is 12.1 Å². The fraction of sp³-hybridized carbons (Fsp3) is 0.689. The molecule has 0 rings (SSSR count). The van der Waals surface area contributed by atoms with Crippen LogP contribution in [0.3, 0.4) is 0 Å². The van der Waals surface area contributed by atoms with Gasteiger partial charge in [-0.15, -0.1) is 0 Å². The summed E-state index contributed by atoms with van der Waals surface area (Å²) in [4.78, 5) is 38.0. The van der Waals surface area contributed by atoms with Crippen molar-refractivity contribution in [3.63, 3.8) is 0 Å². The second-order valence-corrected chi connectivity index (χ2v) is 18.1. The maximum absolute atomic E-state index is 12.8. The summed E-state index contributed by atoms with van der Waals surface area (Å²) in [6.45, 7) is 6.50. The molecule has 0 amide bonds. The number of carbonyl (C=O) groups excluding carboxylic acids is 3. The molecule has 0 bridgehead atoms. The van der Waals surface area contributed by atoms with Gasteiger partial charge in [0.1, 0.15) is 13.2 Å². The molecule has 0 spiro atoms. The van der Waals surface area contributed by atoms with Gasteiger partial charge in [-0.3, -0.25) is 14.4 Å². The zero-order valence-electron chi connectivity index (χ0n) is 43.6. The monoisotopic (exact) mass is 931 g/mol. The molecule has 382 valence electrons. The Morgan fingerprint density at radius 1 is 0.299 bits per heavy atom. The van der Waals surface area contributed by atoms with Crippen molar-refractivity contribution >= 4 is 17.9 Å². The zero-order chi connectivity index (χ0) is 48.6. The maximum atomic E-state index is 12.8. The fourth-order valence-corrected chi connectivity index (χ4v) is 7.37. The Labute approximate surface area is 413 Å². The molecule has 1 atom stereocenters. The van der Waals surface area contributed by atoms with Gasteiger partial charge in [0.2, 0.25) is 0 Å². The number of esters is 3. The van der Waals surface area contributed by atoms with Crippen LogP contribution in [0.25, 0.3) is 0 Å². The predicted molar refractivity (Wildman–Crippen MR) is 288 cm³/mol. The second-order valence-electron chi connectivity index (χ2n) is 18.1. The van der Waals surface area contributed by atoms with Crippen LogP contribution in [0.5, 0.6) is 0 Å². The van der Waals surface area contributed by atoms with Crippen molar-refractivity contribution in [3.8, 4) is 0 Å². The van der Waals surface area contributed by atoms with E-state index in [1.54, 1.807) is 0 Å². The average Bonchev–Trinajstić information content (AvgIpc) is 3.33. The Bertz CT molecular complexity index is 1350. The summed E-state index contributed by atoms with van der Waals surface area (Å²) in [6.07, 6.45) is 72.6. The molecular formula is C61H102O6. The average molecular weight is 931 g/mol. The quantitative estimate of drug-likeness (QED) is 0.0262. The normalized spacial score (nSPS) is 12.8. The molecule has 0 aromatic carbocycles. The van der Waals surface area contributed by atoms with Crippen molar-refractivity contribution in [2.45, 2.75) is 258 Å². The van der Waals surface area contributed by atoms with E-state index in [2.05, 4.69) is 112 Å². The fourth-order valence-electron chi connectivity index (χ4n) is 7.37. The molecule has 0 aliphatic carbocycles. The minimum Gasteiger partial charge on any atom is -0.462 e. The highest BCUT2D eigenvalue weighted by molar-refractivity contribution is 5.71. The van der Waals surface area contributed by atoms with E-state index in [-0.39, 0.29) is 31.6 Å². The smallest absolute Gasteiger partial charge is 0.306 e. The zero-order valence-corrected chi connectivity index (χ0v) is 43.6. The van der Waals surface area contributed by atoms with Gasteiger partial charge in [-0.25, -0.2) is 0 Å². The van der Waals surface area contributed by atoms with Gasteiger partial charge in [-0.1, -0.05) is 234 Å². The highest BCUT2D eigenvalue weighted by Crippen LogP contribution is 2.14. The van der Waals surface area contributed by atoms with Gasteiger partial charge in [-0.05, 0) is 96.3 Å². The van der Waals surface area contributed by atoms with Crippen molar-refractivity contribution in [1.82, 2.24) is 0 Å². The maximum Gasteiger partial charge on any atom is 0.306 e. The van der Waals surface area contributed by atoms with Gasteiger partial charge < -0.3 is 14.2 Å². The van der Waals surface area contributed by atoms with Gasteiger partial charge >= 0.3 is 17.9 Å². The second kappa shape index (κ2) is 54.9. The molecular weight excluding hydrogens is 829 g/mol. The van der Waals surface area contributed by atoms with E-state index in [4.69, 9.17) is 14.2 Å². The number of carbonyl (C=O) groups is 3. The number of hydrogen-bond acceptors (Lipinski definition) is 6. The summed E-state index contributed by atoms with van der Waals surface area (Å²) in [5, 5.41) is 0. The molecule has 6 nitrogen and oxygen atoms in total. The van der Waals surface area contributed by atoms with Crippen molar-refractivity contribution in [2.24, 2.45) is 0 Å². The first-order chi connectivity index (χ1) is 33.0. The van der Waals surface area contributed by atoms with Crippen molar-refractivity contribution in [2.75, 3.05) is 13.2 Å². The van der Waals surface area contributed by atoms with Crippen molar-refractivity contribution in [1.29, 1.82) is 0 Å². The van der Waals surface area contributed by atoms with Crippen LogP contribution < -0.4 is 0 Å². The summed E-state index contributed by atoms with van der Waals surface area (Å²) in [5.74, 6) is -1.02. The van der Waals surface area contributed by atoms with Crippen LogP contribution in [-0.2, 0) is 28.6 Å². The molecule has 0 radical (unpaired) electrons. The van der Waals surface area contributed by atoms with Gasteiger partial charge in [0.05, 0.1) is 0 Å². The summed E-state index contributed by atoms with van der Waals surface area (Å²) >= 11 is 0. The Kier molecular flexibility index (Phi) is 51.9. The Balaban J connectivity index is 4.54. The Hall–Kier alpha value is -3.67. The molecule has 0 saturated heterocycles. The number of hydrogen-bond donors (Lipinski definition) is 0. The van der Waals surface area contributed by atoms with Crippen LogP contribution in [0.15, 0.2) is 97.2 Å². The van der Waals surface area contributed by atoms with Crippen LogP contribution in [-0.4, -0.2) is 37.2 Å². The predicted octanol–water partition coefficient (Wildman–Crippen LogP) is 18.5. The van der Waals surface area contributed by atoms with Crippen LogP contribution in [0, 0.1) is 0 Å². The van der Waals surface area contributed by atoms with E-state index in [0.29, 0.717) is 19.3 Å². The molecule has 0 aliphatic rings. The standard InChI is InChI=1S/C61H102O6/c1-4-7-10-13-16-19-22-25-27-29-30-32-34-37-40-43-46-49-52-55-61(64)67-58(56-65-59(62)53-50-47-44-41-38-35-24-21-18-15-12-9-6-3)57-66-60(63)54-51-48-45-42-39-36-33-31-28-26-23-20-17-14-11-8-5-2/h16-17,19-20,25-28,30,32-33,36-37,40,46,49,58H,4-15,18,21-24,29,31,34-35,38-39,41-45,47-48,50-57H2,1-3H3/b19-16-,20-17-,27-25-,28-26-,32-30-,36-33-,40-37-,49-46-/t58-/m0/s1. The highest BCUT2D eigenvalue weighted by atomic mass is 16.6. The van der Waals surface area contributed by atoms with Crippen LogP contribution >= 0.6 is 0 Å². The van der Waals surface area contributed by atoms with Crippen LogP contribution in [0.2, 0.25) is 0 Å². The largest absolute Gasteiger partial charge is 0.462 e. The lowest BCUT2D eigenvalue weighted by Crippen LogP contribution is -2.30. The van der Waals surface area contributed by atoms with E-state index in [0.717, 1.165) is 89.9 Å². The molecule has 0 aromatic rings. The molecule has 67 heavy (non-hydrogen) atoms. The molecule has 0 N–H and O–H groups in total. The summed E-state index contributed by atoms with van der Waals surface area (Å²) in [6, 6.07) is 0. The molecule has 0 aromatic heterocycles. The molecule has 0 fully saturated rings. The molecule has 0 heterocycles. The number of ether oxygens (including phenoxy) is 3. The third-order valence-corrected chi connectivity index (χ3v) is 11.6. The number of allylic oxidation sites excluding steroid dienone is 16. The minimum absolute atomic E-state index is 0.113. The minimum atomic E-state index is -0.826. The third-order valence-electron chi connectivity index (χ3n) is 11.6. The first-order valence-electron chi connectivity index (χ1n) is 27.7. The summed E-state index contributed by atoms with van der Waals surface area (Å²) in [7, 11) is 0. The van der Waals surface area contributed by atoms with Crippen LogP contribution in [0.1, 0.15) is 252 Å². The topological polar surface area (TPSA) is 78.9 Å².